The van der Waals surface area contributed by atoms with Crippen LogP contribution in [0.15, 0.2) is 16.7 Å². The zero-order chi connectivity index (χ0) is 14.3. The molecule has 0 spiro atoms. The molecule has 17 heavy (non-hydrogen) atoms. The van der Waals surface area contributed by atoms with Crippen molar-refractivity contribution in [1.29, 1.82) is 0 Å². The van der Waals surface area contributed by atoms with Gasteiger partial charge >= 0.3 is 0 Å². The van der Waals surface area contributed by atoms with E-state index in [0.29, 0.717) is 0 Å². The van der Waals surface area contributed by atoms with Gasteiger partial charge in [0.15, 0.2) is 0 Å². The number of furan rings is 1. The Bertz CT molecular complexity index is 222. The van der Waals surface area contributed by atoms with Gasteiger partial charge in [-0.1, -0.05) is 48.5 Å². The quantitative estimate of drug-likeness (QED) is 0.634. The maximum atomic E-state index is 5.20. The van der Waals surface area contributed by atoms with Crippen LogP contribution < -0.4 is 0 Å². The van der Waals surface area contributed by atoms with E-state index < -0.39 is 0 Å². The van der Waals surface area contributed by atoms with Crippen molar-refractivity contribution in [2.24, 2.45) is 5.92 Å². The molecule has 1 nitrogen and oxygen atoms in total. The van der Waals surface area contributed by atoms with Crippen LogP contribution in [0.1, 0.15) is 59.8 Å². The van der Waals surface area contributed by atoms with Crippen molar-refractivity contribution < 1.29 is 4.42 Å². The molecule has 0 saturated carbocycles. The summed E-state index contributed by atoms with van der Waals surface area (Å²) in [6.07, 6.45) is 11.9. The molecule has 1 heteroatoms. The lowest BCUT2D eigenvalue weighted by Gasteiger charge is -1.81. The second-order valence-corrected chi connectivity index (χ2v) is 3.86. The van der Waals surface area contributed by atoms with Crippen molar-refractivity contribution in [1.82, 2.24) is 0 Å². The Labute approximate surface area is 109 Å². The van der Waals surface area contributed by atoms with Crippen LogP contribution in [0, 0.1) is 18.8 Å². The largest absolute Gasteiger partial charge is 0.469 e. The van der Waals surface area contributed by atoms with Gasteiger partial charge in [-0.25, -0.2) is 0 Å². The summed E-state index contributed by atoms with van der Waals surface area (Å²) in [5.41, 5.74) is 1.30. The molecular formula is C16H30O. The van der Waals surface area contributed by atoms with Crippen LogP contribution in [0.5, 0.6) is 0 Å². The predicted molar refractivity (Wildman–Crippen MR) is 79.2 cm³/mol. The van der Waals surface area contributed by atoms with E-state index in [1.165, 1.54) is 5.56 Å². The van der Waals surface area contributed by atoms with E-state index in [2.05, 4.69) is 53.5 Å². The van der Waals surface area contributed by atoms with Gasteiger partial charge in [0.1, 0.15) is 5.76 Å². The monoisotopic (exact) mass is 238 g/mol. The van der Waals surface area contributed by atoms with Crippen LogP contribution in [0.2, 0.25) is 0 Å². The molecule has 1 aromatic heterocycles. The minimum atomic E-state index is 0.833. The van der Waals surface area contributed by atoms with Gasteiger partial charge in [-0.3, -0.25) is 0 Å². The number of rotatable bonds is 2. The number of aryl methyl sites for hydroxylation is 2. The third-order valence-electron chi connectivity index (χ3n) is 1.46. The first-order valence-electron chi connectivity index (χ1n) is 6.49. The summed E-state index contributed by atoms with van der Waals surface area (Å²) in [7, 11) is 0. The van der Waals surface area contributed by atoms with E-state index in [4.69, 9.17) is 4.42 Å². The van der Waals surface area contributed by atoms with Gasteiger partial charge in [0.25, 0.3) is 0 Å². The molecule has 0 amide bonds. The van der Waals surface area contributed by atoms with Gasteiger partial charge in [0.05, 0.1) is 6.26 Å². The molecule has 1 aromatic rings. The summed E-state index contributed by atoms with van der Waals surface area (Å²) in [6.45, 7) is 14.7. The normalized spacial score (nSPS) is 7.88. The zero-order valence-electron chi connectivity index (χ0n) is 12.7. The molecule has 1 heterocycles. The van der Waals surface area contributed by atoms with Gasteiger partial charge in [0.2, 0.25) is 0 Å². The van der Waals surface area contributed by atoms with E-state index >= 15 is 0 Å². The summed E-state index contributed by atoms with van der Waals surface area (Å²) in [6, 6.07) is 2.11. The average Bonchev–Trinajstić information content (AvgIpc) is 2.81. The molecule has 0 aliphatic rings. The summed E-state index contributed by atoms with van der Waals surface area (Å²) < 4.78 is 5.20. The van der Waals surface area contributed by atoms with E-state index in [9.17, 15) is 0 Å². The third kappa shape index (κ3) is 17.5. The standard InChI is InChI=1S/C8H12O.C4H10.C2H6.C2H2/c1-3-7-5-8(4-2)9-6-7;1-4(2)3;2*1-2/h5-6H,3-4H2,1-2H3;4H,1-3H3;1-2H3;1-2H. The second-order valence-electron chi connectivity index (χ2n) is 3.86. The molecule has 0 radical (unpaired) electrons. The van der Waals surface area contributed by atoms with Crippen molar-refractivity contribution in [3.05, 3.63) is 23.7 Å². The van der Waals surface area contributed by atoms with Crippen molar-refractivity contribution in [3.63, 3.8) is 0 Å². The topological polar surface area (TPSA) is 13.1 Å². The van der Waals surface area contributed by atoms with Gasteiger partial charge in [-0.15, -0.1) is 12.8 Å². The SMILES string of the molecule is C#C.CC.CC(C)C.CCc1coc(CC)c1. The van der Waals surface area contributed by atoms with E-state index in [-0.39, 0.29) is 0 Å². The fourth-order valence-corrected chi connectivity index (χ4v) is 0.797. The molecule has 0 aromatic carbocycles. The molecule has 0 aliphatic carbocycles. The van der Waals surface area contributed by atoms with Crippen LogP contribution in [0.25, 0.3) is 0 Å². The maximum absolute atomic E-state index is 5.20. The zero-order valence-corrected chi connectivity index (χ0v) is 12.7. The molecule has 0 atom stereocenters. The minimum absolute atomic E-state index is 0.833. The lowest BCUT2D eigenvalue weighted by molar-refractivity contribution is 0.514. The van der Waals surface area contributed by atoms with Crippen LogP contribution in [0.3, 0.4) is 0 Å². The molecule has 100 valence electrons. The van der Waals surface area contributed by atoms with Gasteiger partial charge in [0, 0.05) is 6.42 Å². The van der Waals surface area contributed by atoms with E-state index in [0.717, 1.165) is 24.5 Å². The Morgan fingerprint density at radius 1 is 1.06 bits per heavy atom. The van der Waals surface area contributed by atoms with Gasteiger partial charge < -0.3 is 4.42 Å². The molecule has 0 bridgehead atoms. The number of terminal acetylenes is 1. The molecule has 0 N–H and O–H groups in total. The molecule has 0 aliphatic heterocycles. The van der Waals surface area contributed by atoms with Crippen molar-refractivity contribution >= 4 is 0 Å². The van der Waals surface area contributed by atoms with Crippen molar-refractivity contribution in [2.45, 2.75) is 61.3 Å². The Morgan fingerprint density at radius 3 is 1.65 bits per heavy atom. The number of hydrogen-bond donors (Lipinski definition) is 0. The first-order valence-corrected chi connectivity index (χ1v) is 6.49. The van der Waals surface area contributed by atoms with Crippen LogP contribution in [-0.4, -0.2) is 0 Å². The third-order valence-corrected chi connectivity index (χ3v) is 1.46. The lowest BCUT2D eigenvalue weighted by Crippen LogP contribution is -1.71. The van der Waals surface area contributed by atoms with E-state index in [1.807, 2.05) is 20.1 Å². The molecular weight excluding hydrogens is 208 g/mol. The van der Waals surface area contributed by atoms with Gasteiger partial charge in [-0.05, 0) is 24.0 Å². The highest BCUT2D eigenvalue weighted by atomic mass is 16.3. The Balaban J connectivity index is -0.000000208. The Hall–Kier alpha value is -1.16. The maximum Gasteiger partial charge on any atom is 0.103 e. The Kier molecular flexibility index (Phi) is 21.5. The summed E-state index contributed by atoms with van der Waals surface area (Å²) in [4.78, 5) is 0. The molecule has 0 fully saturated rings. The van der Waals surface area contributed by atoms with Crippen LogP contribution in [0.4, 0.5) is 0 Å². The molecule has 0 saturated heterocycles. The van der Waals surface area contributed by atoms with Crippen LogP contribution in [-0.2, 0) is 12.8 Å². The van der Waals surface area contributed by atoms with Crippen molar-refractivity contribution in [3.8, 4) is 12.8 Å². The second kappa shape index (κ2) is 17.2. The summed E-state index contributed by atoms with van der Waals surface area (Å²) in [5, 5.41) is 0. The molecule has 1 rings (SSSR count). The highest BCUT2D eigenvalue weighted by molar-refractivity contribution is 5.12. The first-order chi connectivity index (χ1) is 8.10. The first kappa shape index (κ1) is 21.2. The Morgan fingerprint density at radius 2 is 1.47 bits per heavy atom. The predicted octanol–water partition coefficient (Wildman–Crippen LogP) is 5.34. The molecule has 0 unspecified atom stereocenters. The summed E-state index contributed by atoms with van der Waals surface area (Å²) >= 11 is 0. The summed E-state index contributed by atoms with van der Waals surface area (Å²) in [5.74, 6) is 1.92. The number of hydrogen-bond acceptors (Lipinski definition) is 1. The van der Waals surface area contributed by atoms with Crippen molar-refractivity contribution in [2.75, 3.05) is 0 Å². The fourth-order valence-electron chi connectivity index (χ4n) is 0.797. The highest BCUT2D eigenvalue weighted by Crippen LogP contribution is 2.07. The minimum Gasteiger partial charge on any atom is -0.469 e. The average molecular weight is 238 g/mol. The fraction of sp³-hybridized carbons (Fsp3) is 0.625. The smallest absolute Gasteiger partial charge is 0.103 e. The van der Waals surface area contributed by atoms with E-state index in [1.54, 1.807) is 0 Å². The van der Waals surface area contributed by atoms with Gasteiger partial charge in [-0.2, -0.15) is 0 Å². The van der Waals surface area contributed by atoms with Crippen LogP contribution >= 0.6 is 0 Å². The lowest BCUT2D eigenvalue weighted by atomic mass is 10.2. The highest BCUT2D eigenvalue weighted by Gasteiger charge is 1.94.